The van der Waals surface area contributed by atoms with Crippen molar-refractivity contribution >= 4 is 0 Å². The summed E-state index contributed by atoms with van der Waals surface area (Å²) in [5.74, 6) is 0.336. The Bertz CT molecular complexity index is 390. The third-order valence-electron chi connectivity index (χ3n) is 2.96. The number of ether oxygens (including phenoxy) is 1. The molecule has 0 spiro atoms. The molecule has 0 saturated carbocycles. The Balaban J connectivity index is 2.03. The molecule has 1 aliphatic rings. The van der Waals surface area contributed by atoms with E-state index in [1.54, 1.807) is 6.07 Å². The molecular weight excluding hydrogens is 214 g/mol. The molecule has 1 aromatic carbocycles. The summed E-state index contributed by atoms with van der Waals surface area (Å²) in [4.78, 5) is 2.38. The molecule has 1 atom stereocenters. The maximum atomic E-state index is 9.45. The van der Waals surface area contributed by atoms with Gasteiger partial charge in [-0.25, -0.2) is 0 Å². The fourth-order valence-electron chi connectivity index (χ4n) is 2.62. The van der Waals surface area contributed by atoms with E-state index in [0.717, 1.165) is 25.2 Å². The van der Waals surface area contributed by atoms with Crippen LogP contribution in [-0.4, -0.2) is 34.8 Å². The van der Waals surface area contributed by atoms with E-state index in [1.807, 2.05) is 18.2 Å². The van der Waals surface area contributed by atoms with E-state index >= 15 is 0 Å². The molecule has 1 N–H and O–H groups in total. The standard InChI is InChI=1S/C14H21NO2/c1-11-8-15(10-14(2,3)17-11)9-12-5-4-6-13(16)7-12/h4-7,11,16H,8-10H2,1-3H3. The van der Waals surface area contributed by atoms with Gasteiger partial charge in [-0.05, 0) is 38.5 Å². The van der Waals surface area contributed by atoms with Gasteiger partial charge in [0.2, 0.25) is 0 Å². The van der Waals surface area contributed by atoms with Crippen molar-refractivity contribution < 1.29 is 9.84 Å². The van der Waals surface area contributed by atoms with Crippen LogP contribution in [0, 0.1) is 0 Å². The molecule has 1 saturated heterocycles. The molecule has 0 radical (unpaired) electrons. The number of nitrogens with zero attached hydrogens (tertiary/aromatic N) is 1. The van der Waals surface area contributed by atoms with E-state index in [1.165, 1.54) is 0 Å². The van der Waals surface area contributed by atoms with Crippen molar-refractivity contribution in [2.45, 2.75) is 39.0 Å². The summed E-state index contributed by atoms with van der Waals surface area (Å²) in [6.07, 6.45) is 0.260. The van der Waals surface area contributed by atoms with Gasteiger partial charge < -0.3 is 9.84 Å². The quantitative estimate of drug-likeness (QED) is 0.854. The zero-order chi connectivity index (χ0) is 12.5. The van der Waals surface area contributed by atoms with Crippen molar-refractivity contribution in [3.63, 3.8) is 0 Å². The average Bonchev–Trinajstić information content (AvgIpc) is 2.13. The van der Waals surface area contributed by atoms with Crippen LogP contribution in [0.25, 0.3) is 0 Å². The average molecular weight is 235 g/mol. The molecule has 1 aliphatic heterocycles. The minimum atomic E-state index is -0.0888. The number of rotatable bonds is 2. The van der Waals surface area contributed by atoms with Gasteiger partial charge in [0, 0.05) is 19.6 Å². The highest BCUT2D eigenvalue weighted by atomic mass is 16.5. The smallest absolute Gasteiger partial charge is 0.115 e. The zero-order valence-corrected chi connectivity index (χ0v) is 10.8. The van der Waals surface area contributed by atoms with Crippen molar-refractivity contribution in [1.82, 2.24) is 4.90 Å². The molecule has 0 aromatic heterocycles. The first kappa shape index (κ1) is 12.4. The predicted octanol–water partition coefficient (Wildman–Crippen LogP) is 2.39. The molecular formula is C14H21NO2. The van der Waals surface area contributed by atoms with Crippen molar-refractivity contribution in [1.29, 1.82) is 0 Å². The lowest BCUT2D eigenvalue weighted by atomic mass is 10.0. The van der Waals surface area contributed by atoms with Crippen molar-refractivity contribution in [3.8, 4) is 5.75 Å². The zero-order valence-electron chi connectivity index (χ0n) is 10.8. The topological polar surface area (TPSA) is 32.7 Å². The van der Waals surface area contributed by atoms with Gasteiger partial charge in [0.1, 0.15) is 5.75 Å². The van der Waals surface area contributed by atoms with Crippen LogP contribution < -0.4 is 0 Å². The van der Waals surface area contributed by atoms with Crippen LogP contribution in [0.5, 0.6) is 5.75 Å². The number of morpholine rings is 1. The molecule has 3 heteroatoms. The van der Waals surface area contributed by atoms with Gasteiger partial charge in [-0.15, -0.1) is 0 Å². The molecule has 1 fully saturated rings. The van der Waals surface area contributed by atoms with Crippen LogP contribution in [0.2, 0.25) is 0 Å². The van der Waals surface area contributed by atoms with Crippen LogP contribution in [0.15, 0.2) is 24.3 Å². The van der Waals surface area contributed by atoms with Crippen LogP contribution in [0.3, 0.4) is 0 Å². The van der Waals surface area contributed by atoms with Crippen LogP contribution in [0.1, 0.15) is 26.3 Å². The molecule has 1 heterocycles. The van der Waals surface area contributed by atoms with Crippen molar-refractivity contribution in [2.24, 2.45) is 0 Å². The molecule has 1 unspecified atom stereocenters. The Morgan fingerprint density at radius 2 is 2.24 bits per heavy atom. The highest BCUT2D eigenvalue weighted by Gasteiger charge is 2.30. The van der Waals surface area contributed by atoms with E-state index in [4.69, 9.17) is 4.74 Å². The normalized spacial score (nSPS) is 24.8. The second-order valence-corrected chi connectivity index (χ2v) is 5.53. The van der Waals surface area contributed by atoms with E-state index in [9.17, 15) is 5.11 Å². The molecule has 0 bridgehead atoms. The van der Waals surface area contributed by atoms with E-state index in [0.29, 0.717) is 5.75 Å². The summed E-state index contributed by atoms with van der Waals surface area (Å²) in [5.41, 5.74) is 1.06. The first-order valence-corrected chi connectivity index (χ1v) is 6.13. The van der Waals surface area contributed by atoms with Gasteiger partial charge in [0.25, 0.3) is 0 Å². The highest BCUT2D eigenvalue weighted by Crippen LogP contribution is 2.23. The molecule has 1 aromatic rings. The Morgan fingerprint density at radius 1 is 1.47 bits per heavy atom. The molecule has 3 nitrogen and oxygen atoms in total. The second-order valence-electron chi connectivity index (χ2n) is 5.53. The number of phenols is 1. The summed E-state index contributed by atoms with van der Waals surface area (Å²) in [6, 6.07) is 7.47. The highest BCUT2D eigenvalue weighted by molar-refractivity contribution is 5.27. The van der Waals surface area contributed by atoms with Gasteiger partial charge in [0.05, 0.1) is 11.7 Å². The Morgan fingerprint density at radius 3 is 2.88 bits per heavy atom. The summed E-state index contributed by atoms with van der Waals surface area (Å²) in [6.45, 7) is 9.09. The second kappa shape index (κ2) is 4.67. The van der Waals surface area contributed by atoms with Crippen LogP contribution >= 0.6 is 0 Å². The van der Waals surface area contributed by atoms with Gasteiger partial charge >= 0.3 is 0 Å². The van der Waals surface area contributed by atoms with Gasteiger partial charge in [0.15, 0.2) is 0 Å². The van der Waals surface area contributed by atoms with Crippen molar-refractivity contribution in [2.75, 3.05) is 13.1 Å². The predicted molar refractivity (Wildman–Crippen MR) is 68.0 cm³/mol. The number of phenolic OH excluding ortho intramolecular Hbond substituents is 1. The Labute approximate surface area is 103 Å². The lowest BCUT2D eigenvalue weighted by molar-refractivity contribution is -0.130. The van der Waals surface area contributed by atoms with E-state index in [2.05, 4.69) is 25.7 Å². The fourth-order valence-corrected chi connectivity index (χ4v) is 2.62. The molecule has 17 heavy (non-hydrogen) atoms. The SMILES string of the molecule is CC1CN(Cc2cccc(O)c2)CC(C)(C)O1. The van der Waals surface area contributed by atoms with Gasteiger partial charge in [-0.1, -0.05) is 12.1 Å². The van der Waals surface area contributed by atoms with E-state index in [-0.39, 0.29) is 11.7 Å². The Kier molecular flexibility index (Phi) is 3.40. The Hall–Kier alpha value is -1.06. The fraction of sp³-hybridized carbons (Fsp3) is 0.571. The number of hydrogen-bond donors (Lipinski definition) is 1. The monoisotopic (exact) mass is 235 g/mol. The number of aromatic hydroxyl groups is 1. The lowest BCUT2D eigenvalue weighted by Crippen LogP contribution is -2.51. The summed E-state index contributed by atoms with van der Waals surface area (Å²) in [5, 5.41) is 9.45. The molecule has 0 aliphatic carbocycles. The first-order chi connectivity index (χ1) is 7.94. The molecule has 0 amide bonds. The summed E-state index contributed by atoms with van der Waals surface area (Å²) >= 11 is 0. The lowest BCUT2D eigenvalue weighted by Gasteiger charge is -2.41. The summed E-state index contributed by atoms with van der Waals surface area (Å²) in [7, 11) is 0. The number of hydrogen-bond acceptors (Lipinski definition) is 3. The molecule has 94 valence electrons. The minimum Gasteiger partial charge on any atom is -0.508 e. The largest absolute Gasteiger partial charge is 0.508 e. The third kappa shape index (κ3) is 3.45. The van der Waals surface area contributed by atoms with Gasteiger partial charge in [-0.2, -0.15) is 0 Å². The van der Waals surface area contributed by atoms with Crippen molar-refractivity contribution in [3.05, 3.63) is 29.8 Å². The third-order valence-corrected chi connectivity index (χ3v) is 2.96. The number of benzene rings is 1. The van der Waals surface area contributed by atoms with Crippen LogP contribution in [-0.2, 0) is 11.3 Å². The summed E-state index contributed by atoms with van der Waals surface area (Å²) < 4.78 is 5.87. The minimum absolute atomic E-state index is 0.0888. The van der Waals surface area contributed by atoms with E-state index < -0.39 is 0 Å². The first-order valence-electron chi connectivity index (χ1n) is 6.13. The van der Waals surface area contributed by atoms with Gasteiger partial charge in [-0.3, -0.25) is 4.90 Å². The maximum Gasteiger partial charge on any atom is 0.115 e. The molecule has 2 rings (SSSR count). The maximum absolute atomic E-state index is 9.45. The van der Waals surface area contributed by atoms with Crippen LogP contribution in [0.4, 0.5) is 0 Å².